The molecule has 0 spiro atoms. The largest absolute Gasteiger partial charge is 0.0654 e. The molecule has 21 heavy (non-hydrogen) atoms. The summed E-state index contributed by atoms with van der Waals surface area (Å²) in [5.74, 6) is 2.71. The minimum Gasteiger partial charge on any atom is -0.0654 e. The molecule has 0 bridgehead atoms. The van der Waals surface area contributed by atoms with Gasteiger partial charge < -0.3 is 0 Å². The first-order chi connectivity index (χ1) is 9.81. The zero-order valence-electron chi connectivity index (χ0n) is 17.1. The third-order valence-electron chi connectivity index (χ3n) is 3.41. The monoisotopic (exact) mass is 300 g/mol. The molecule has 0 atom stereocenters. The van der Waals surface area contributed by atoms with Crippen molar-refractivity contribution in [1.82, 2.24) is 0 Å². The van der Waals surface area contributed by atoms with Crippen molar-refractivity contribution >= 4 is 0 Å². The van der Waals surface area contributed by atoms with E-state index in [0.29, 0.717) is 0 Å². The van der Waals surface area contributed by atoms with Crippen molar-refractivity contribution in [2.24, 2.45) is 17.8 Å². The molecule has 0 rings (SSSR count). The molecule has 0 amide bonds. The summed E-state index contributed by atoms with van der Waals surface area (Å²) in [7, 11) is 0. The summed E-state index contributed by atoms with van der Waals surface area (Å²) in [6, 6.07) is 0. The van der Waals surface area contributed by atoms with Crippen LogP contribution in [0.15, 0.2) is 0 Å². The maximum absolute atomic E-state index is 2.27. The summed E-state index contributed by atoms with van der Waals surface area (Å²) < 4.78 is 0. The first kappa shape index (κ1) is 25.9. The van der Waals surface area contributed by atoms with Crippen LogP contribution in [0.25, 0.3) is 0 Å². The summed E-state index contributed by atoms with van der Waals surface area (Å²) in [4.78, 5) is 0. The lowest BCUT2D eigenvalue weighted by atomic mass is 10.1. The Bertz CT molecular complexity index is 116. The SMILES string of the molecule is CCCCC(C)C.CCCCC(C)C.CCCCC(C)C. The van der Waals surface area contributed by atoms with E-state index in [2.05, 4.69) is 62.3 Å². The van der Waals surface area contributed by atoms with Gasteiger partial charge in [-0.1, -0.05) is 120 Å². The molecule has 0 heterocycles. The smallest absolute Gasteiger partial charge is 0.0471 e. The highest BCUT2D eigenvalue weighted by Crippen LogP contribution is 2.05. The van der Waals surface area contributed by atoms with Gasteiger partial charge in [0.05, 0.1) is 0 Å². The Kier molecular flexibility index (Phi) is 27.5. The molecule has 0 aromatic rings. The van der Waals surface area contributed by atoms with Crippen molar-refractivity contribution in [2.45, 2.75) is 120 Å². The van der Waals surface area contributed by atoms with E-state index in [0.717, 1.165) is 17.8 Å². The lowest BCUT2D eigenvalue weighted by Gasteiger charge is -1.98. The fraction of sp³-hybridized carbons (Fsp3) is 1.00. The number of hydrogen-bond donors (Lipinski definition) is 0. The second-order valence-electron chi connectivity index (χ2n) is 7.61. The first-order valence-electron chi connectivity index (χ1n) is 9.81. The molecule has 0 aliphatic carbocycles. The fourth-order valence-corrected chi connectivity index (χ4v) is 1.84. The molecule has 0 N–H and O–H groups in total. The summed E-state index contributed by atoms with van der Waals surface area (Å²) in [6.07, 6.45) is 12.4. The quantitative estimate of drug-likeness (QED) is 0.400. The lowest BCUT2D eigenvalue weighted by Crippen LogP contribution is -1.83. The van der Waals surface area contributed by atoms with Gasteiger partial charge in [0.15, 0.2) is 0 Å². The van der Waals surface area contributed by atoms with E-state index in [1.54, 1.807) is 0 Å². The van der Waals surface area contributed by atoms with Crippen molar-refractivity contribution in [3.63, 3.8) is 0 Å². The molecule has 0 unspecified atom stereocenters. The number of hydrogen-bond acceptors (Lipinski definition) is 0. The van der Waals surface area contributed by atoms with Gasteiger partial charge in [-0.3, -0.25) is 0 Å². The highest BCUT2D eigenvalue weighted by molar-refractivity contribution is 4.43. The van der Waals surface area contributed by atoms with E-state index < -0.39 is 0 Å². The molecule has 0 nitrogen and oxygen atoms in total. The van der Waals surface area contributed by atoms with Crippen LogP contribution in [0.1, 0.15) is 120 Å². The average molecular weight is 301 g/mol. The molecule has 0 heteroatoms. The van der Waals surface area contributed by atoms with E-state index in [1.807, 2.05) is 0 Å². The van der Waals surface area contributed by atoms with Gasteiger partial charge in [-0.15, -0.1) is 0 Å². The maximum atomic E-state index is 2.27. The standard InChI is InChI=1S/3C7H16/c3*1-4-5-6-7(2)3/h3*7H,4-6H2,1-3H3. The summed E-state index contributed by atoms with van der Waals surface area (Å²) in [6.45, 7) is 20.4. The number of unbranched alkanes of at least 4 members (excludes halogenated alkanes) is 3. The summed E-state index contributed by atoms with van der Waals surface area (Å²) >= 11 is 0. The molecule has 132 valence electrons. The van der Waals surface area contributed by atoms with Gasteiger partial charge in [0, 0.05) is 0 Å². The van der Waals surface area contributed by atoms with Crippen molar-refractivity contribution in [3.05, 3.63) is 0 Å². The molecule has 0 aromatic heterocycles. The third kappa shape index (κ3) is 45.0. The van der Waals surface area contributed by atoms with Crippen LogP contribution in [0.5, 0.6) is 0 Å². The van der Waals surface area contributed by atoms with E-state index >= 15 is 0 Å². The van der Waals surface area contributed by atoms with E-state index in [4.69, 9.17) is 0 Å². The zero-order valence-corrected chi connectivity index (χ0v) is 17.1. The van der Waals surface area contributed by atoms with Crippen LogP contribution < -0.4 is 0 Å². The van der Waals surface area contributed by atoms with Gasteiger partial charge >= 0.3 is 0 Å². The van der Waals surface area contributed by atoms with Crippen LogP contribution in [-0.2, 0) is 0 Å². The molecule has 0 aliphatic rings. The van der Waals surface area contributed by atoms with E-state index in [9.17, 15) is 0 Å². The second kappa shape index (κ2) is 22.3. The van der Waals surface area contributed by atoms with Crippen LogP contribution >= 0.6 is 0 Å². The summed E-state index contributed by atoms with van der Waals surface area (Å²) in [5.41, 5.74) is 0. The van der Waals surface area contributed by atoms with E-state index in [-0.39, 0.29) is 0 Å². The van der Waals surface area contributed by atoms with Crippen LogP contribution in [-0.4, -0.2) is 0 Å². The van der Waals surface area contributed by atoms with Crippen molar-refractivity contribution in [2.75, 3.05) is 0 Å². The Labute approximate surface area is 138 Å². The molecule has 0 aliphatic heterocycles. The Morgan fingerprint density at radius 2 is 0.619 bits per heavy atom. The first-order valence-corrected chi connectivity index (χ1v) is 9.81. The lowest BCUT2D eigenvalue weighted by molar-refractivity contribution is 0.550. The Hall–Kier alpha value is 0. The highest BCUT2D eigenvalue weighted by Gasteiger charge is 1.89. The maximum Gasteiger partial charge on any atom is -0.0471 e. The molecule has 0 saturated heterocycles. The Morgan fingerprint density at radius 3 is 0.667 bits per heavy atom. The fourth-order valence-electron chi connectivity index (χ4n) is 1.84. The molecule has 0 fully saturated rings. The summed E-state index contributed by atoms with van der Waals surface area (Å²) in [5, 5.41) is 0. The molecule has 0 saturated carbocycles. The molecular formula is C21H48. The van der Waals surface area contributed by atoms with Gasteiger partial charge in [0.2, 0.25) is 0 Å². The third-order valence-corrected chi connectivity index (χ3v) is 3.41. The van der Waals surface area contributed by atoms with Gasteiger partial charge in [-0.05, 0) is 17.8 Å². The minimum atomic E-state index is 0.903. The van der Waals surface area contributed by atoms with Gasteiger partial charge in [0.1, 0.15) is 0 Å². The second-order valence-corrected chi connectivity index (χ2v) is 7.61. The Morgan fingerprint density at radius 1 is 0.429 bits per heavy atom. The molecule has 0 aromatic carbocycles. The predicted molar refractivity (Wildman–Crippen MR) is 103 cm³/mol. The van der Waals surface area contributed by atoms with Crippen LogP contribution in [0.3, 0.4) is 0 Å². The van der Waals surface area contributed by atoms with Gasteiger partial charge in [-0.2, -0.15) is 0 Å². The van der Waals surface area contributed by atoms with Crippen molar-refractivity contribution in [3.8, 4) is 0 Å². The number of rotatable bonds is 9. The van der Waals surface area contributed by atoms with Gasteiger partial charge in [0.25, 0.3) is 0 Å². The molecular weight excluding hydrogens is 252 g/mol. The highest BCUT2D eigenvalue weighted by atomic mass is 14.0. The van der Waals surface area contributed by atoms with Gasteiger partial charge in [-0.25, -0.2) is 0 Å². The zero-order chi connectivity index (χ0) is 17.1. The predicted octanol–water partition coefficient (Wildman–Crippen LogP) is 8.50. The topological polar surface area (TPSA) is 0 Å². The average Bonchev–Trinajstić information content (AvgIpc) is 2.41. The minimum absolute atomic E-state index is 0.903. The normalized spacial score (nSPS) is 10.3. The Balaban J connectivity index is -0.000000231. The van der Waals surface area contributed by atoms with Crippen molar-refractivity contribution < 1.29 is 0 Å². The molecule has 0 radical (unpaired) electrons. The van der Waals surface area contributed by atoms with Crippen LogP contribution in [0, 0.1) is 17.8 Å². The van der Waals surface area contributed by atoms with Crippen LogP contribution in [0.4, 0.5) is 0 Å². The van der Waals surface area contributed by atoms with Crippen LogP contribution in [0.2, 0.25) is 0 Å². The van der Waals surface area contributed by atoms with Crippen molar-refractivity contribution in [1.29, 1.82) is 0 Å². The van der Waals surface area contributed by atoms with E-state index in [1.165, 1.54) is 57.8 Å².